The summed E-state index contributed by atoms with van der Waals surface area (Å²) >= 11 is 1.87. The van der Waals surface area contributed by atoms with Crippen molar-refractivity contribution in [3.05, 3.63) is 0 Å². The van der Waals surface area contributed by atoms with E-state index in [9.17, 15) is 0 Å². The van der Waals surface area contributed by atoms with Gasteiger partial charge in [0, 0.05) is 6.04 Å². The first-order chi connectivity index (χ1) is 5.35. The van der Waals surface area contributed by atoms with Crippen LogP contribution in [0.1, 0.15) is 19.8 Å². The molecule has 68 valence electrons. The van der Waals surface area contributed by atoms with Gasteiger partial charge in [0.2, 0.25) is 0 Å². The van der Waals surface area contributed by atoms with Crippen LogP contribution in [0.4, 0.5) is 0 Å². The molecule has 0 amide bonds. The number of rotatable bonds is 7. The molecule has 2 N–H and O–H groups in total. The first-order valence-corrected chi connectivity index (χ1v) is 5.57. The van der Waals surface area contributed by atoms with Crippen molar-refractivity contribution in [2.24, 2.45) is 0 Å². The maximum absolute atomic E-state index is 8.81. The Balaban J connectivity index is 3.07. The highest BCUT2D eigenvalue weighted by Gasteiger charge is 2.00. The number of thioether (sulfide) groups is 1. The summed E-state index contributed by atoms with van der Waals surface area (Å²) in [6.45, 7) is 3.37. The second-order valence-electron chi connectivity index (χ2n) is 2.59. The molecule has 0 radical (unpaired) electrons. The van der Waals surface area contributed by atoms with Gasteiger partial charge in [0.25, 0.3) is 0 Å². The van der Waals surface area contributed by atoms with Gasteiger partial charge in [-0.25, -0.2) is 0 Å². The molecule has 0 aromatic heterocycles. The molecule has 0 bridgehead atoms. The van der Waals surface area contributed by atoms with Crippen molar-refractivity contribution < 1.29 is 5.11 Å². The molecule has 0 heterocycles. The van der Waals surface area contributed by atoms with E-state index >= 15 is 0 Å². The quantitative estimate of drug-likeness (QED) is 0.571. The molecule has 0 aromatic carbocycles. The Kier molecular flexibility index (Phi) is 8.57. The summed E-state index contributed by atoms with van der Waals surface area (Å²) in [5.74, 6) is 1.20. The second kappa shape index (κ2) is 8.37. The normalized spacial score (nSPS) is 13.4. The zero-order chi connectivity index (χ0) is 8.53. The number of hydrogen-bond donors (Lipinski definition) is 2. The number of aliphatic hydroxyl groups excluding tert-OH is 1. The maximum atomic E-state index is 8.81. The molecular formula is C8H19NOS. The molecule has 0 spiro atoms. The monoisotopic (exact) mass is 177 g/mol. The van der Waals surface area contributed by atoms with E-state index in [-0.39, 0.29) is 6.61 Å². The van der Waals surface area contributed by atoms with Crippen molar-refractivity contribution in [1.82, 2.24) is 5.32 Å². The molecule has 0 saturated heterocycles. The average Bonchev–Trinajstić information content (AvgIpc) is 2.05. The van der Waals surface area contributed by atoms with Crippen LogP contribution in [-0.4, -0.2) is 36.3 Å². The van der Waals surface area contributed by atoms with E-state index in [1.165, 1.54) is 12.2 Å². The molecule has 0 aliphatic heterocycles. The molecule has 0 aliphatic carbocycles. The lowest BCUT2D eigenvalue weighted by Crippen LogP contribution is -2.32. The molecule has 0 aromatic rings. The predicted molar refractivity (Wildman–Crippen MR) is 52.2 cm³/mol. The third-order valence-electron chi connectivity index (χ3n) is 1.67. The fourth-order valence-electron chi connectivity index (χ4n) is 0.861. The van der Waals surface area contributed by atoms with Crippen molar-refractivity contribution >= 4 is 11.8 Å². The van der Waals surface area contributed by atoms with Crippen LogP contribution < -0.4 is 5.32 Å². The number of nitrogens with one attached hydrogen (secondary N) is 1. The molecule has 0 aliphatic rings. The molecule has 2 nitrogen and oxygen atoms in total. The summed E-state index contributed by atoms with van der Waals surface area (Å²) in [6.07, 6.45) is 4.32. The van der Waals surface area contributed by atoms with Crippen LogP contribution in [0.3, 0.4) is 0 Å². The Morgan fingerprint density at radius 2 is 2.27 bits per heavy atom. The maximum Gasteiger partial charge on any atom is 0.0584 e. The van der Waals surface area contributed by atoms with Crippen molar-refractivity contribution in [2.45, 2.75) is 25.8 Å². The van der Waals surface area contributed by atoms with Gasteiger partial charge in [-0.2, -0.15) is 11.8 Å². The second-order valence-corrected chi connectivity index (χ2v) is 3.57. The van der Waals surface area contributed by atoms with Gasteiger partial charge in [-0.3, -0.25) is 0 Å². The Morgan fingerprint density at radius 1 is 1.55 bits per heavy atom. The van der Waals surface area contributed by atoms with Crippen molar-refractivity contribution in [3.8, 4) is 0 Å². The summed E-state index contributed by atoms with van der Waals surface area (Å²) in [7, 11) is 0. The van der Waals surface area contributed by atoms with Gasteiger partial charge >= 0.3 is 0 Å². The first kappa shape index (κ1) is 11.3. The minimum absolute atomic E-state index is 0.260. The van der Waals surface area contributed by atoms with Gasteiger partial charge in [0.15, 0.2) is 0 Å². The fourth-order valence-corrected chi connectivity index (χ4v) is 1.29. The van der Waals surface area contributed by atoms with Crippen LogP contribution in [0.25, 0.3) is 0 Å². The summed E-state index contributed by atoms with van der Waals surface area (Å²) in [6, 6.07) is 0.303. The van der Waals surface area contributed by atoms with Crippen molar-refractivity contribution in [2.75, 3.05) is 25.2 Å². The lowest BCUT2D eigenvalue weighted by Gasteiger charge is -2.12. The van der Waals surface area contributed by atoms with E-state index in [2.05, 4.69) is 18.5 Å². The van der Waals surface area contributed by atoms with E-state index in [4.69, 9.17) is 5.11 Å². The Labute approximate surface area is 73.8 Å². The standard InChI is InChI=1S/C8H19NOS/c1-3-8(7-10)9-5-4-6-11-2/h8-10H,3-7H2,1-2H3/t8-/m0/s1. The highest BCUT2D eigenvalue weighted by Crippen LogP contribution is 1.95. The molecule has 11 heavy (non-hydrogen) atoms. The minimum atomic E-state index is 0.260. The van der Waals surface area contributed by atoms with Crippen molar-refractivity contribution in [1.29, 1.82) is 0 Å². The average molecular weight is 177 g/mol. The van der Waals surface area contributed by atoms with E-state index in [1.54, 1.807) is 0 Å². The number of aliphatic hydroxyl groups is 1. The van der Waals surface area contributed by atoms with E-state index in [0.717, 1.165) is 13.0 Å². The SMILES string of the molecule is CC[C@@H](CO)NCCCSC. The summed E-state index contributed by atoms with van der Waals surface area (Å²) in [5, 5.41) is 12.1. The van der Waals surface area contributed by atoms with E-state index in [0.29, 0.717) is 6.04 Å². The molecular weight excluding hydrogens is 158 g/mol. The highest BCUT2D eigenvalue weighted by atomic mass is 32.2. The minimum Gasteiger partial charge on any atom is -0.395 e. The topological polar surface area (TPSA) is 32.3 Å². The molecule has 0 saturated carbocycles. The number of hydrogen-bond acceptors (Lipinski definition) is 3. The smallest absolute Gasteiger partial charge is 0.0584 e. The predicted octanol–water partition coefficient (Wildman–Crippen LogP) is 1.10. The molecule has 1 atom stereocenters. The third-order valence-corrected chi connectivity index (χ3v) is 2.37. The summed E-state index contributed by atoms with van der Waals surface area (Å²) in [4.78, 5) is 0. The summed E-state index contributed by atoms with van der Waals surface area (Å²) in [5.41, 5.74) is 0. The molecule has 0 unspecified atom stereocenters. The Morgan fingerprint density at radius 3 is 2.73 bits per heavy atom. The molecule has 0 rings (SSSR count). The fraction of sp³-hybridized carbons (Fsp3) is 1.00. The molecule has 0 fully saturated rings. The highest BCUT2D eigenvalue weighted by molar-refractivity contribution is 7.98. The van der Waals surface area contributed by atoms with Crippen LogP contribution in [0, 0.1) is 0 Å². The van der Waals surface area contributed by atoms with Gasteiger partial charge in [-0.15, -0.1) is 0 Å². The zero-order valence-corrected chi connectivity index (χ0v) is 8.28. The molecule has 3 heteroatoms. The first-order valence-electron chi connectivity index (χ1n) is 4.18. The van der Waals surface area contributed by atoms with Crippen LogP contribution in [0.15, 0.2) is 0 Å². The van der Waals surface area contributed by atoms with Gasteiger partial charge in [0.05, 0.1) is 6.61 Å². The van der Waals surface area contributed by atoms with Crippen molar-refractivity contribution in [3.63, 3.8) is 0 Å². The Bertz CT molecular complexity index is 76.5. The van der Waals surface area contributed by atoms with Gasteiger partial charge in [-0.05, 0) is 31.4 Å². The lowest BCUT2D eigenvalue weighted by atomic mass is 10.2. The van der Waals surface area contributed by atoms with E-state index in [1.807, 2.05) is 11.8 Å². The Hall–Kier alpha value is 0.270. The lowest BCUT2D eigenvalue weighted by molar-refractivity contribution is 0.239. The van der Waals surface area contributed by atoms with Gasteiger partial charge in [-0.1, -0.05) is 6.92 Å². The largest absolute Gasteiger partial charge is 0.395 e. The zero-order valence-electron chi connectivity index (χ0n) is 7.47. The van der Waals surface area contributed by atoms with Crippen LogP contribution in [0.2, 0.25) is 0 Å². The van der Waals surface area contributed by atoms with Crippen LogP contribution in [0.5, 0.6) is 0 Å². The van der Waals surface area contributed by atoms with Crippen LogP contribution in [-0.2, 0) is 0 Å². The van der Waals surface area contributed by atoms with Gasteiger partial charge in [0.1, 0.15) is 0 Å². The third kappa shape index (κ3) is 6.66. The summed E-state index contributed by atoms with van der Waals surface area (Å²) < 4.78 is 0. The van der Waals surface area contributed by atoms with Gasteiger partial charge < -0.3 is 10.4 Å². The van der Waals surface area contributed by atoms with Crippen LogP contribution >= 0.6 is 11.8 Å². The van der Waals surface area contributed by atoms with E-state index < -0.39 is 0 Å².